The summed E-state index contributed by atoms with van der Waals surface area (Å²) in [6.45, 7) is 5.70. The number of rotatable bonds is 9. The normalized spacial score (nSPS) is 10.6. The summed E-state index contributed by atoms with van der Waals surface area (Å²) >= 11 is 1.41. The largest absolute Gasteiger partial charge is 0.497 e. The molecule has 7 heteroatoms. The van der Waals surface area contributed by atoms with E-state index in [0.29, 0.717) is 10.9 Å². The number of amides is 1. The third-order valence-electron chi connectivity index (χ3n) is 3.71. The van der Waals surface area contributed by atoms with Gasteiger partial charge in [-0.3, -0.25) is 9.36 Å². The number of benzene rings is 1. The Morgan fingerprint density at radius 2 is 2.04 bits per heavy atom. The molecule has 0 atom stereocenters. The second-order valence-electron chi connectivity index (χ2n) is 5.30. The van der Waals surface area contributed by atoms with E-state index < -0.39 is 0 Å². The van der Waals surface area contributed by atoms with Crippen molar-refractivity contribution in [1.82, 2.24) is 19.7 Å². The van der Waals surface area contributed by atoms with E-state index in [1.54, 1.807) is 13.4 Å². The van der Waals surface area contributed by atoms with Crippen molar-refractivity contribution in [2.45, 2.75) is 31.8 Å². The highest BCUT2D eigenvalue weighted by Crippen LogP contribution is 2.21. The zero-order valence-electron chi connectivity index (χ0n) is 14.4. The molecular formula is C17H24N4O2S. The van der Waals surface area contributed by atoms with Gasteiger partial charge >= 0.3 is 0 Å². The topological polar surface area (TPSA) is 60.2 Å². The molecule has 0 unspecified atom stereocenters. The van der Waals surface area contributed by atoms with Gasteiger partial charge in [0.1, 0.15) is 12.1 Å². The monoisotopic (exact) mass is 348 g/mol. The van der Waals surface area contributed by atoms with Crippen molar-refractivity contribution in [3.8, 4) is 11.4 Å². The third-order valence-corrected chi connectivity index (χ3v) is 4.64. The van der Waals surface area contributed by atoms with E-state index in [2.05, 4.69) is 17.1 Å². The number of aromatic nitrogens is 3. The Morgan fingerprint density at radius 3 is 2.67 bits per heavy atom. The van der Waals surface area contributed by atoms with Gasteiger partial charge in [0.05, 0.1) is 12.9 Å². The number of hydrogen-bond donors (Lipinski definition) is 0. The Hall–Kier alpha value is -2.02. The molecule has 0 spiro atoms. The zero-order chi connectivity index (χ0) is 17.4. The van der Waals surface area contributed by atoms with Crippen LogP contribution in [0.3, 0.4) is 0 Å². The third kappa shape index (κ3) is 4.74. The van der Waals surface area contributed by atoms with E-state index in [-0.39, 0.29) is 5.91 Å². The highest BCUT2D eigenvalue weighted by molar-refractivity contribution is 7.99. The van der Waals surface area contributed by atoms with Gasteiger partial charge in [-0.1, -0.05) is 25.1 Å². The van der Waals surface area contributed by atoms with E-state index in [1.807, 2.05) is 40.7 Å². The van der Waals surface area contributed by atoms with Gasteiger partial charge in [-0.05, 0) is 37.6 Å². The van der Waals surface area contributed by atoms with E-state index in [9.17, 15) is 4.79 Å². The van der Waals surface area contributed by atoms with Gasteiger partial charge in [0.2, 0.25) is 5.91 Å². The number of ether oxygens (including phenoxy) is 1. The van der Waals surface area contributed by atoms with E-state index >= 15 is 0 Å². The highest BCUT2D eigenvalue weighted by Gasteiger charge is 2.14. The van der Waals surface area contributed by atoms with E-state index in [0.717, 1.165) is 37.4 Å². The summed E-state index contributed by atoms with van der Waals surface area (Å²) in [7, 11) is 1.64. The van der Waals surface area contributed by atoms with E-state index in [4.69, 9.17) is 4.74 Å². The Labute approximate surface area is 147 Å². The first kappa shape index (κ1) is 18.3. The van der Waals surface area contributed by atoms with Gasteiger partial charge in [0.25, 0.3) is 0 Å². The van der Waals surface area contributed by atoms with Crippen LogP contribution in [-0.2, 0) is 4.79 Å². The van der Waals surface area contributed by atoms with Crippen molar-refractivity contribution in [1.29, 1.82) is 0 Å². The van der Waals surface area contributed by atoms with Crippen molar-refractivity contribution in [3.05, 3.63) is 30.6 Å². The van der Waals surface area contributed by atoms with Crippen LogP contribution in [0.25, 0.3) is 5.69 Å². The second-order valence-corrected chi connectivity index (χ2v) is 6.24. The van der Waals surface area contributed by atoms with Crippen LogP contribution >= 0.6 is 11.8 Å². The maximum atomic E-state index is 12.3. The van der Waals surface area contributed by atoms with Crippen molar-refractivity contribution in [3.63, 3.8) is 0 Å². The summed E-state index contributed by atoms with van der Waals surface area (Å²) in [6.07, 6.45) is 3.78. The van der Waals surface area contributed by atoms with Crippen LogP contribution in [0.4, 0.5) is 0 Å². The molecule has 1 amide bonds. The van der Waals surface area contributed by atoms with Gasteiger partial charge in [-0.15, -0.1) is 10.2 Å². The summed E-state index contributed by atoms with van der Waals surface area (Å²) in [5.41, 5.74) is 0.939. The Bertz CT molecular complexity index is 642. The summed E-state index contributed by atoms with van der Waals surface area (Å²) in [5, 5.41) is 8.81. The fraction of sp³-hybridized carbons (Fsp3) is 0.471. The minimum Gasteiger partial charge on any atom is -0.497 e. The molecule has 0 saturated heterocycles. The standard InChI is InChI=1S/C17H24N4O2S/c1-4-6-11-20(5-2)16(22)12-24-17-19-18-13-21(17)14-7-9-15(23-3)10-8-14/h7-10,13H,4-6,11-12H2,1-3H3. The number of nitrogens with zero attached hydrogens (tertiary/aromatic N) is 4. The molecule has 1 aromatic carbocycles. The Kier molecular flexibility index (Phi) is 7.11. The quantitative estimate of drug-likeness (QED) is 0.652. The molecule has 0 fully saturated rings. The number of hydrogen-bond acceptors (Lipinski definition) is 5. The maximum Gasteiger partial charge on any atom is 0.233 e. The summed E-state index contributed by atoms with van der Waals surface area (Å²) < 4.78 is 7.05. The molecule has 1 heterocycles. The lowest BCUT2D eigenvalue weighted by molar-refractivity contribution is -0.128. The first-order valence-corrected chi connectivity index (χ1v) is 9.13. The zero-order valence-corrected chi connectivity index (χ0v) is 15.3. The lowest BCUT2D eigenvalue weighted by atomic mass is 10.3. The van der Waals surface area contributed by atoms with Crippen molar-refractivity contribution in [2.24, 2.45) is 0 Å². The lowest BCUT2D eigenvalue weighted by Crippen LogP contribution is -2.33. The molecular weight excluding hydrogens is 324 g/mol. The number of unbranched alkanes of at least 4 members (excludes halogenated alkanes) is 1. The number of carbonyl (C=O) groups is 1. The maximum absolute atomic E-state index is 12.3. The predicted molar refractivity (Wildman–Crippen MR) is 95.8 cm³/mol. The molecule has 2 aromatic rings. The molecule has 0 aliphatic heterocycles. The minimum absolute atomic E-state index is 0.139. The van der Waals surface area contributed by atoms with Gasteiger partial charge in [0.15, 0.2) is 5.16 Å². The SMILES string of the molecule is CCCCN(CC)C(=O)CSc1nncn1-c1ccc(OC)cc1. The number of thioether (sulfide) groups is 1. The van der Waals surface area contributed by atoms with Gasteiger partial charge < -0.3 is 9.64 Å². The van der Waals surface area contributed by atoms with Gasteiger partial charge in [-0.2, -0.15) is 0 Å². The summed E-state index contributed by atoms with van der Waals surface area (Å²) in [4.78, 5) is 14.2. The smallest absolute Gasteiger partial charge is 0.233 e. The molecule has 0 N–H and O–H groups in total. The summed E-state index contributed by atoms with van der Waals surface area (Å²) in [6, 6.07) is 7.65. The second kappa shape index (κ2) is 9.32. The molecule has 130 valence electrons. The molecule has 0 aliphatic rings. The highest BCUT2D eigenvalue weighted by atomic mass is 32.2. The van der Waals surface area contributed by atoms with Gasteiger partial charge in [-0.25, -0.2) is 0 Å². The van der Waals surface area contributed by atoms with Crippen LogP contribution < -0.4 is 4.74 Å². The minimum atomic E-state index is 0.139. The first-order chi connectivity index (χ1) is 11.7. The molecule has 1 aromatic heterocycles. The van der Waals surface area contributed by atoms with Crippen LogP contribution in [0.1, 0.15) is 26.7 Å². The van der Waals surface area contributed by atoms with Crippen LogP contribution in [0.2, 0.25) is 0 Å². The van der Waals surface area contributed by atoms with Crippen molar-refractivity contribution < 1.29 is 9.53 Å². The van der Waals surface area contributed by atoms with Crippen molar-refractivity contribution >= 4 is 17.7 Å². The summed E-state index contributed by atoms with van der Waals surface area (Å²) in [5.74, 6) is 1.30. The van der Waals surface area contributed by atoms with Crippen LogP contribution in [0.5, 0.6) is 5.75 Å². The number of methoxy groups -OCH3 is 1. The van der Waals surface area contributed by atoms with E-state index in [1.165, 1.54) is 11.8 Å². The molecule has 0 saturated carbocycles. The van der Waals surface area contributed by atoms with Gasteiger partial charge in [0, 0.05) is 18.8 Å². The lowest BCUT2D eigenvalue weighted by Gasteiger charge is -2.20. The average molecular weight is 348 g/mol. The molecule has 24 heavy (non-hydrogen) atoms. The molecule has 0 bridgehead atoms. The van der Waals surface area contributed by atoms with Crippen LogP contribution in [0.15, 0.2) is 35.7 Å². The fourth-order valence-electron chi connectivity index (χ4n) is 2.27. The molecule has 0 radical (unpaired) electrons. The number of carbonyl (C=O) groups excluding carboxylic acids is 1. The molecule has 2 rings (SSSR count). The predicted octanol–water partition coefficient (Wildman–Crippen LogP) is 3.02. The van der Waals surface area contributed by atoms with Crippen molar-refractivity contribution in [2.75, 3.05) is 26.0 Å². The molecule has 0 aliphatic carbocycles. The van der Waals surface area contributed by atoms with Crippen LogP contribution in [-0.4, -0.2) is 51.5 Å². The fourth-order valence-corrected chi connectivity index (χ4v) is 3.10. The Morgan fingerprint density at radius 1 is 1.29 bits per heavy atom. The van der Waals surface area contributed by atoms with Crippen LogP contribution in [0, 0.1) is 0 Å². The Balaban J connectivity index is 2.01. The first-order valence-electron chi connectivity index (χ1n) is 8.14. The molecule has 6 nitrogen and oxygen atoms in total. The average Bonchev–Trinajstić information content (AvgIpc) is 3.09.